The van der Waals surface area contributed by atoms with Crippen molar-refractivity contribution >= 4 is 11.9 Å². The largest absolute Gasteiger partial charge is 0.471 e. The van der Waals surface area contributed by atoms with Gasteiger partial charge in [-0.25, -0.2) is 4.79 Å². The van der Waals surface area contributed by atoms with E-state index in [-0.39, 0.29) is 12.2 Å². The molecular formula is C14H22N4O3. The molecule has 1 aromatic rings. The maximum Gasteiger partial charge on any atom is 0.410 e. The first kappa shape index (κ1) is 15.3. The number of nitrogens with zero attached hydrogens (tertiary/aromatic N) is 3. The second-order valence-electron chi connectivity index (χ2n) is 6.09. The van der Waals surface area contributed by atoms with Gasteiger partial charge in [-0.2, -0.15) is 4.98 Å². The van der Waals surface area contributed by atoms with Gasteiger partial charge in [0.15, 0.2) is 0 Å². The van der Waals surface area contributed by atoms with Crippen LogP contribution in [0, 0.1) is 0 Å². The molecule has 2 N–H and O–H groups in total. The molecule has 1 atom stereocenters. The van der Waals surface area contributed by atoms with Crippen molar-refractivity contribution in [2.75, 3.05) is 18.8 Å². The van der Waals surface area contributed by atoms with E-state index in [2.05, 4.69) is 9.97 Å². The van der Waals surface area contributed by atoms with Gasteiger partial charge in [0.05, 0.1) is 18.9 Å². The Bertz CT molecular complexity index is 501. The number of anilines is 1. The molecule has 1 aromatic heterocycles. The predicted octanol–water partition coefficient (Wildman–Crippen LogP) is 1.84. The van der Waals surface area contributed by atoms with Crippen molar-refractivity contribution in [1.82, 2.24) is 14.9 Å². The summed E-state index contributed by atoms with van der Waals surface area (Å²) in [6.07, 6.45) is 4.26. The van der Waals surface area contributed by atoms with Crippen LogP contribution in [0.2, 0.25) is 0 Å². The lowest BCUT2D eigenvalue weighted by atomic mass is 10.1. The first-order valence-electron chi connectivity index (χ1n) is 7.05. The molecule has 0 aromatic carbocycles. The molecule has 1 aliphatic heterocycles. The van der Waals surface area contributed by atoms with E-state index in [1.807, 2.05) is 20.8 Å². The number of carbonyl (C=O) groups excluding carboxylic acids is 1. The van der Waals surface area contributed by atoms with Crippen molar-refractivity contribution in [2.45, 2.75) is 45.3 Å². The highest BCUT2D eigenvalue weighted by atomic mass is 16.6. The van der Waals surface area contributed by atoms with Crippen molar-refractivity contribution in [1.29, 1.82) is 0 Å². The molecule has 0 spiro atoms. The van der Waals surface area contributed by atoms with Gasteiger partial charge in [-0.05, 0) is 33.6 Å². The van der Waals surface area contributed by atoms with Gasteiger partial charge in [0, 0.05) is 6.54 Å². The summed E-state index contributed by atoms with van der Waals surface area (Å²) >= 11 is 0. The minimum atomic E-state index is -0.496. The molecule has 7 heteroatoms. The zero-order valence-corrected chi connectivity index (χ0v) is 12.7. The van der Waals surface area contributed by atoms with Gasteiger partial charge in [0.25, 0.3) is 0 Å². The second-order valence-corrected chi connectivity index (χ2v) is 6.09. The van der Waals surface area contributed by atoms with Gasteiger partial charge in [-0.3, -0.25) is 4.98 Å². The van der Waals surface area contributed by atoms with Crippen LogP contribution in [-0.4, -0.2) is 45.8 Å². The number of nitrogens with two attached hydrogens (primary N) is 1. The lowest BCUT2D eigenvalue weighted by Gasteiger charge is -2.33. The molecule has 0 bridgehead atoms. The van der Waals surface area contributed by atoms with Crippen LogP contribution in [0.15, 0.2) is 12.4 Å². The first-order chi connectivity index (χ1) is 9.83. The summed E-state index contributed by atoms with van der Waals surface area (Å²) < 4.78 is 11.1. The third-order valence-electron chi connectivity index (χ3n) is 2.95. The van der Waals surface area contributed by atoms with Gasteiger partial charge in [0.1, 0.15) is 17.5 Å². The van der Waals surface area contributed by atoms with Crippen molar-refractivity contribution in [3.8, 4) is 5.88 Å². The summed E-state index contributed by atoms with van der Waals surface area (Å²) in [7, 11) is 0. The Labute approximate surface area is 124 Å². The molecule has 1 amide bonds. The molecule has 2 heterocycles. The van der Waals surface area contributed by atoms with E-state index in [4.69, 9.17) is 15.2 Å². The monoisotopic (exact) mass is 294 g/mol. The highest BCUT2D eigenvalue weighted by molar-refractivity contribution is 5.68. The summed E-state index contributed by atoms with van der Waals surface area (Å²) in [6.45, 7) is 6.71. The minimum absolute atomic E-state index is 0.123. The van der Waals surface area contributed by atoms with Crippen LogP contribution in [0.25, 0.3) is 0 Å². The lowest BCUT2D eigenvalue weighted by molar-refractivity contribution is 0.00719. The number of rotatable bonds is 2. The van der Waals surface area contributed by atoms with Crippen LogP contribution in [-0.2, 0) is 4.74 Å². The fourth-order valence-corrected chi connectivity index (χ4v) is 2.12. The van der Waals surface area contributed by atoms with Crippen LogP contribution >= 0.6 is 0 Å². The van der Waals surface area contributed by atoms with Crippen LogP contribution in [0.3, 0.4) is 0 Å². The van der Waals surface area contributed by atoms with E-state index >= 15 is 0 Å². The molecule has 116 valence electrons. The highest BCUT2D eigenvalue weighted by Gasteiger charge is 2.28. The van der Waals surface area contributed by atoms with Crippen LogP contribution in [0.4, 0.5) is 10.6 Å². The van der Waals surface area contributed by atoms with Crippen LogP contribution in [0.1, 0.15) is 33.6 Å². The zero-order chi connectivity index (χ0) is 15.5. The van der Waals surface area contributed by atoms with E-state index in [1.54, 1.807) is 4.90 Å². The summed E-state index contributed by atoms with van der Waals surface area (Å²) in [5.74, 6) is 0.693. The smallest absolute Gasteiger partial charge is 0.410 e. The van der Waals surface area contributed by atoms with E-state index in [1.165, 1.54) is 12.4 Å². The number of hydrogen-bond donors (Lipinski definition) is 1. The fourth-order valence-electron chi connectivity index (χ4n) is 2.12. The number of likely N-dealkylation sites (tertiary alicyclic amines) is 1. The number of amides is 1. The molecule has 2 rings (SSSR count). The normalized spacial score (nSPS) is 19.2. The van der Waals surface area contributed by atoms with Gasteiger partial charge >= 0.3 is 6.09 Å². The first-order valence-corrected chi connectivity index (χ1v) is 7.05. The average molecular weight is 294 g/mol. The van der Waals surface area contributed by atoms with Crippen molar-refractivity contribution in [3.05, 3.63) is 12.4 Å². The number of aromatic nitrogens is 2. The number of carbonyl (C=O) groups is 1. The Balaban J connectivity index is 1.93. The minimum Gasteiger partial charge on any atom is -0.471 e. The van der Waals surface area contributed by atoms with Gasteiger partial charge in [0.2, 0.25) is 5.88 Å². The molecule has 0 aliphatic carbocycles. The molecule has 1 aliphatic rings. The Hall–Kier alpha value is -2.05. The molecule has 1 saturated heterocycles. The van der Waals surface area contributed by atoms with E-state index in [0.717, 1.165) is 12.8 Å². The maximum absolute atomic E-state index is 12.1. The Kier molecular flexibility index (Phi) is 4.50. The van der Waals surface area contributed by atoms with Crippen molar-refractivity contribution < 1.29 is 14.3 Å². The van der Waals surface area contributed by atoms with E-state index in [0.29, 0.717) is 24.8 Å². The summed E-state index contributed by atoms with van der Waals surface area (Å²) in [5, 5.41) is 0. The summed E-state index contributed by atoms with van der Waals surface area (Å²) in [4.78, 5) is 21.7. The molecule has 7 nitrogen and oxygen atoms in total. The molecule has 21 heavy (non-hydrogen) atoms. The molecular weight excluding hydrogens is 272 g/mol. The van der Waals surface area contributed by atoms with Crippen molar-refractivity contribution in [2.24, 2.45) is 0 Å². The number of hydrogen-bond acceptors (Lipinski definition) is 6. The third-order valence-corrected chi connectivity index (χ3v) is 2.95. The summed E-state index contributed by atoms with van der Waals surface area (Å²) in [5.41, 5.74) is 5.07. The number of piperidine rings is 1. The SMILES string of the molecule is CC(C)(C)OC(=O)N1CCCC(Oc2cncc(N)n2)C1. The van der Waals surface area contributed by atoms with Crippen molar-refractivity contribution in [3.63, 3.8) is 0 Å². The lowest BCUT2D eigenvalue weighted by Crippen LogP contribution is -2.46. The number of ether oxygens (including phenoxy) is 2. The quantitative estimate of drug-likeness (QED) is 0.895. The van der Waals surface area contributed by atoms with Crippen LogP contribution < -0.4 is 10.5 Å². The van der Waals surface area contributed by atoms with Gasteiger partial charge < -0.3 is 20.1 Å². The average Bonchev–Trinajstić information content (AvgIpc) is 2.37. The van der Waals surface area contributed by atoms with Gasteiger partial charge in [-0.15, -0.1) is 0 Å². The topological polar surface area (TPSA) is 90.6 Å². The summed E-state index contributed by atoms with van der Waals surface area (Å²) in [6, 6.07) is 0. The molecule has 0 saturated carbocycles. The van der Waals surface area contributed by atoms with E-state index in [9.17, 15) is 4.79 Å². The Morgan fingerprint density at radius 1 is 1.43 bits per heavy atom. The Morgan fingerprint density at radius 3 is 2.86 bits per heavy atom. The fraction of sp³-hybridized carbons (Fsp3) is 0.643. The zero-order valence-electron chi connectivity index (χ0n) is 12.7. The predicted molar refractivity (Wildman–Crippen MR) is 77.9 cm³/mol. The number of nitrogen functional groups attached to an aromatic ring is 1. The van der Waals surface area contributed by atoms with Crippen LogP contribution in [0.5, 0.6) is 5.88 Å². The second kappa shape index (κ2) is 6.15. The molecule has 0 radical (unpaired) electrons. The molecule has 1 fully saturated rings. The standard InChI is InChI=1S/C14H22N4O3/c1-14(2,3)21-13(19)18-6-4-5-10(9-18)20-12-8-16-7-11(15)17-12/h7-8,10H,4-6,9H2,1-3H3,(H2,15,17). The van der Waals surface area contributed by atoms with E-state index < -0.39 is 5.60 Å². The van der Waals surface area contributed by atoms with Gasteiger partial charge in [-0.1, -0.05) is 0 Å². The molecule has 1 unspecified atom stereocenters. The third kappa shape index (κ3) is 4.77. The highest BCUT2D eigenvalue weighted by Crippen LogP contribution is 2.19. The maximum atomic E-state index is 12.1. The Morgan fingerprint density at radius 2 is 2.19 bits per heavy atom.